The van der Waals surface area contributed by atoms with E-state index in [1.54, 1.807) is 18.3 Å². The molecule has 0 atom stereocenters. The van der Waals surface area contributed by atoms with E-state index < -0.39 is 5.97 Å². The molecule has 0 amide bonds. The lowest BCUT2D eigenvalue weighted by Gasteiger charge is -2.14. The summed E-state index contributed by atoms with van der Waals surface area (Å²) in [7, 11) is 0. The van der Waals surface area contributed by atoms with Crippen LogP contribution in [0.5, 0.6) is 0 Å². The number of aromatic nitrogens is 2. The van der Waals surface area contributed by atoms with Gasteiger partial charge < -0.3 is 14.5 Å². The van der Waals surface area contributed by atoms with Crippen molar-refractivity contribution in [2.24, 2.45) is 0 Å². The number of carboxylic acid groups (broad SMARTS) is 1. The summed E-state index contributed by atoms with van der Waals surface area (Å²) < 4.78 is 2.07. The van der Waals surface area contributed by atoms with Gasteiger partial charge in [0.15, 0.2) is 0 Å². The topological polar surface area (TPSA) is 57.9 Å². The highest BCUT2D eigenvalue weighted by Gasteiger charge is 2.10. The van der Waals surface area contributed by atoms with E-state index in [1.165, 1.54) is 11.1 Å². The van der Waals surface area contributed by atoms with Crippen LogP contribution in [0.1, 0.15) is 64.9 Å². The Morgan fingerprint density at radius 1 is 1.03 bits per heavy atom. The maximum Gasteiger partial charge on any atom is 0.0949 e. The van der Waals surface area contributed by atoms with Crippen LogP contribution in [0.4, 0.5) is 0 Å². The highest BCUT2D eigenvalue weighted by molar-refractivity contribution is 5.90. The molecule has 0 N–H and O–H groups in total. The molecule has 0 fully saturated rings. The molecule has 0 radical (unpaired) electrons. The first-order chi connectivity index (χ1) is 16.5. The summed E-state index contributed by atoms with van der Waals surface area (Å²) in [4.78, 5) is 15.6. The zero-order valence-electron chi connectivity index (χ0n) is 19.7. The first kappa shape index (κ1) is 23.1. The van der Waals surface area contributed by atoms with Gasteiger partial charge in [-0.1, -0.05) is 69.0 Å². The smallest absolute Gasteiger partial charge is 0.0949 e. The summed E-state index contributed by atoms with van der Waals surface area (Å²) in [5, 5.41) is 11.5. The molecule has 4 aromatic rings. The van der Waals surface area contributed by atoms with Crippen LogP contribution < -0.4 is 5.11 Å². The average Bonchev–Trinajstić information content (AvgIpc) is 3.36. The van der Waals surface area contributed by atoms with Crippen molar-refractivity contribution in [3.63, 3.8) is 0 Å². The van der Waals surface area contributed by atoms with E-state index in [4.69, 9.17) is 0 Å². The molecule has 4 nitrogen and oxygen atoms in total. The van der Waals surface area contributed by atoms with Gasteiger partial charge in [-0.2, -0.15) is 0 Å². The average molecular weight is 448 g/mol. The van der Waals surface area contributed by atoms with Gasteiger partial charge in [0.25, 0.3) is 0 Å². The number of hydrogen-bond acceptors (Lipinski definition) is 3. The molecule has 0 unspecified atom stereocenters. The molecule has 0 saturated heterocycles. The van der Waals surface area contributed by atoms with Crippen LogP contribution in [-0.2, 0) is 13.0 Å². The van der Waals surface area contributed by atoms with E-state index in [1.807, 2.05) is 49.8 Å². The zero-order valence-corrected chi connectivity index (χ0v) is 19.7. The summed E-state index contributed by atoms with van der Waals surface area (Å²) >= 11 is 0. The molecule has 0 aliphatic rings. The van der Waals surface area contributed by atoms with Gasteiger partial charge in [-0.25, -0.2) is 4.98 Å². The van der Waals surface area contributed by atoms with Gasteiger partial charge in [0, 0.05) is 35.6 Å². The van der Waals surface area contributed by atoms with Crippen molar-refractivity contribution >= 4 is 5.97 Å². The highest BCUT2D eigenvalue weighted by atomic mass is 16.4. The molecule has 1 aromatic heterocycles. The Bertz CT molecular complexity index is 1360. The van der Waals surface area contributed by atoms with Gasteiger partial charge in [0.2, 0.25) is 0 Å². The fourth-order valence-electron chi connectivity index (χ4n) is 4.24. The molecule has 170 valence electrons. The molecule has 0 aliphatic carbocycles. The molecular weight excluding hydrogens is 420 g/mol. The van der Waals surface area contributed by atoms with Crippen LogP contribution in [0.15, 0.2) is 79.4 Å². The second-order valence-corrected chi connectivity index (χ2v) is 8.60. The lowest BCUT2D eigenvalue weighted by atomic mass is 9.93. The van der Waals surface area contributed by atoms with Gasteiger partial charge in [-0.15, -0.1) is 0 Å². The van der Waals surface area contributed by atoms with Gasteiger partial charge in [0.05, 0.1) is 12.3 Å². The molecule has 3 aromatic carbocycles. The molecule has 0 aliphatic heterocycles. The summed E-state index contributed by atoms with van der Waals surface area (Å²) in [6.07, 6.45) is 6.22. The standard InChI is InChI=1S/C30H28N2O2/c1-4-26-27(6-5-7-28(26)30(33)34)24-13-10-22(11-14-24)8-9-23-12-15-25(29(18-23)21(2)3)19-32-17-16-31-20-32/h5-7,10-18,20-21H,4,19H2,1-3H3,(H,33,34)/p-1. The van der Waals surface area contributed by atoms with Crippen molar-refractivity contribution in [2.75, 3.05) is 0 Å². The predicted molar refractivity (Wildman–Crippen MR) is 133 cm³/mol. The van der Waals surface area contributed by atoms with Crippen LogP contribution in [0.25, 0.3) is 11.1 Å². The van der Waals surface area contributed by atoms with Crippen molar-refractivity contribution in [1.29, 1.82) is 0 Å². The number of rotatable bonds is 6. The Morgan fingerprint density at radius 3 is 2.41 bits per heavy atom. The Balaban J connectivity index is 1.58. The Labute approximate surface area is 200 Å². The third kappa shape index (κ3) is 5.10. The molecule has 0 saturated carbocycles. The molecule has 0 spiro atoms. The fourth-order valence-corrected chi connectivity index (χ4v) is 4.24. The van der Waals surface area contributed by atoms with E-state index in [0.29, 0.717) is 12.3 Å². The zero-order chi connectivity index (χ0) is 24.1. The van der Waals surface area contributed by atoms with Crippen molar-refractivity contribution in [3.05, 3.63) is 113 Å². The van der Waals surface area contributed by atoms with E-state index in [-0.39, 0.29) is 5.56 Å². The Morgan fingerprint density at radius 2 is 1.76 bits per heavy atom. The molecule has 1 heterocycles. The van der Waals surface area contributed by atoms with Crippen molar-refractivity contribution in [1.82, 2.24) is 9.55 Å². The molecule has 4 heteroatoms. The van der Waals surface area contributed by atoms with E-state index >= 15 is 0 Å². The summed E-state index contributed by atoms with van der Waals surface area (Å²) in [6, 6.07) is 19.6. The number of carbonyl (C=O) groups excluding carboxylic acids is 1. The van der Waals surface area contributed by atoms with Crippen molar-refractivity contribution in [2.45, 2.75) is 39.7 Å². The lowest BCUT2D eigenvalue weighted by molar-refractivity contribution is -0.255. The van der Waals surface area contributed by atoms with Crippen LogP contribution in [0.2, 0.25) is 0 Å². The third-order valence-electron chi connectivity index (χ3n) is 5.98. The minimum absolute atomic E-state index is 0.251. The quantitative estimate of drug-likeness (QED) is 0.389. The first-order valence-electron chi connectivity index (χ1n) is 11.5. The fraction of sp³-hybridized carbons (Fsp3) is 0.200. The number of benzene rings is 3. The first-order valence-corrected chi connectivity index (χ1v) is 11.5. The van der Waals surface area contributed by atoms with Crippen molar-refractivity contribution in [3.8, 4) is 23.0 Å². The SMILES string of the molecule is CCc1c(C(=O)[O-])cccc1-c1ccc(C#Cc2ccc(Cn3ccnc3)c(C(C)C)c2)cc1. The van der Waals surface area contributed by atoms with Gasteiger partial charge in [0.1, 0.15) is 0 Å². The molecular formula is C30H27N2O2-. The molecule has 4 rings (SSSR count). The third-order valence-corrected chi connectivity index (χ3v) is 5.98. The Kier molecular flexibility index (Phi) is 6.94. The molecule has 34 heavy (non-hydrogen) atoms. The summed E-state index contributed by atoms with van der Waals surface area (Å²) in [5.74, 6) is 5.80. The second-order valence-electron chi connectivity index (χ2n) is 8.60. The van der Waals surface area contributed by atoms with Crippen LogP contribution in [0.3, 0.4) is 0 Å². The number of carbonyl (C=O) groups is 1. The summed E-state index contributed by atoms with van der Waals surface area (Å²) in [5.41, 5.74) is 7.38. The van der Waals surface area contributed by atoms with Crippen molar-refractivity contribution < 1.29 is 9.90 Å². The maximum absolute atomic E-state index is 11.5. The van der Waals surface area contributed by atoms with Crippen LogP contribution in [0, 0.1) is 11.8 Å². The lowest BCUT2D eigenvalue weighted by Crippen LogP contribution is -2.23. The largest absolute Gasteiger partial charge is 0.545 e. The Hall–Kier alpha value is -4.10. The van der Waals surface area contributed by atoms with Gasteiger partial charge in [-0.05, 0) is 64.4 Å². The highest BCUT2D eigenvalue weighted by Crippen LogP contribution is 2.27. The van der Waals surface area contributed by atoms with Gasteiger partial charge in [-0.3, -0.25) is 0 Å². The van der Waals surface area contributed by atoms with Crippen LogP contribution >= 0.6 is 0 Å². The van der Waals surface area contributed by atoms with Gasteiger partial charge >= 0.3 is 0 Å². The number of aromatic carboxylic acids is 1. The van der Waals surface area contributed by atoms with E-state index in [9.17, 15) is 9.90 Å². The second kappa shape index (κ2) is 10.2. The number of hydrogen-bond donors (Lipinski definition) is 0. The normalized spacial score (nSPS) is 10.7. The minimum Gasteiger partial charge on any atom is -0.545 e. The molecule has 0 bridgehead atoms. The predicted octanol–water partition coefficient (Wildman–Crippen LogP) is 5.05. The van der Waals surface area contributed by atoms with E-state index in [2.05, 4.69) is 53.4 Å². The number of nitrogens with zero attached hydrogens (tertiary/aromatic N) is 2. The van der Waals surface area contributed by atoms with E-state index in [0.717, 1.165) is 34.4 Å². The maximum atomic E-state index is 11.5. The minimum atomic E-state index is -1.14. The van der Waals surface area contributed by atoms with Crippen LogP contribution in [-0.4, -0.2) is 15.5 Å². The number of imidazole rings is 1. The number of carboxylic acids is 1. The summed E-state index contributed by atoms with van der Waals surface area (Å²) in [6.45, 7) is 7.14. The monoisotopic (exact) mass is 447 g/mol.